The van der Waals surface area contributed by atoms with Crippen molar-refractivity contribution in [3.63, 3.8) is 0 Å². The summed E-state index contributed by atoms with van der Waals surface area (Å²) in [6.07, 6.45) is 1.28. The van der Waals surface area contributed by atoms with Crippen LogP contribution < -0.4 is 5.32 Å². The van der Waals surface area contributed by atoms with Gasteiger partial charge < -0.3 is 9.88 Å². The molecule has 2 nitrogen and oxygen atoms in total. The van der Waals surface area contributed by atoms with E-state index in [0.29, 0.717) is 12.0 Å². The summed E-state index contributed by atoms with van der Waals surface area (Å²) in [5.74, 6) is 1.89. The van der Waals surface area contributed by atoms with Gasteiger partial charge in [-0.3, -0.25) is 0 Å². The third-order valence-corrected chi connectivity index (χ3v) is 5.13. The second-order valence-corrected chi connectivity index (χ2v) is 6.79. The summed E-state index contributed by atoms with van der Waals surface area (Å²) in [6, 6.07) is 9.35. The summed E-state index contributed by atoms with van der Waals surface area (Å²) in [7, 11) is 2.22. The molecule has 0 amide bonds. The van der Waals surface area contributed by atoms with E-state index in [2.05, 4.69) is 55.0 Å². The lowest BCUT2D eigenvalue weighted by molar-refractivity contribution is 0.500. The van der Waals surface area contributed by atoms with Gasteiger partial charge in [0.25, 0.3) is 0 Å². The maximum absolute atomic E-state index is 3.61. The summed E-state index contributed by atoms with van der Waals surface area (Å²) in [6.45, 7) is 5.54. The molecular weight excluding hydrogens is 252 g/mol. The molecule has 1 atom stereocenters. The van der Waals surface area contributed by atoms with Gasteiger partial charge in [0.05, 0.1) is 0 Å². The molecule has 0 saturated heterocycles. The van der Waals surface area contributed by atoms with Gasteiger partial charge in [-0.1, -0.05) is 32.0 Å². The number of nitrogens with zero attached hydrogens (tertiary/aromatic N) is 1. The fourth-order valence-electron chi connectivity index (χ4n) is 3.01. The number of benzene rings is 1. The van der Waals surface area contributed by atoms with Crippen molar-refractivity contribution in [2.75, 3.05) is 12.3 Å². The van der Waals surface area contributed by atoms with Crippen LogP contribution in [0.2, 0.25) is 0 Å². The fourth-order valence-corrected chi connectivity index (χ4v) is 4.39. The van der Waals surface area contributed by atoms with Crippen molar-refractivity contribution in [3.8, 4) is 0 Å². The SMILES string of the molecule is CC(C)NCC1CCSc2c1n(C)c1ccccc21. The molecule has 0 bridgehead atoms. The highest BCUT2D eigenvalue weighted by Crippen LogP contribution is 2.43. The zero-order valence-corrected chi connectivity index (χ0v) is 12.8. The van der Waals surface area contributed by atoms with E-state index in [1.165, 1.54) is 33.7 Å². The Labute approximate surface area is 119 Å². The first kappa shape index (κ1) is 13.1. The summed E-state index contributed by atoms with van der Waals surface area (Å²) >= 11 is 2.03. The quantitative estimate of drug-likeness (QED) is 0.918. The van der Waals surface area contributed by atoms with Crippen LogP contribution >= 0.6 is 11.8 Å². The lowest BCUT2D eigenvalue weighted by Gasteiger charge is -2.25. The Balaban J connectivity index is 2.04. The minimum atomic E-state index is 0.563. The molecule has 2 heterocycles. The van der Waals surface area contributed by atoms with Crippen LogP contribution in [-0.4, -0.2) is 22.9 Å². The van der Waals surface area contributed by atoms with Crippen molar-refractivity contribution >= 4 is 22.7 Å². The topological polar surface area (TPSA) is 17.0 Å². The molecule has 19 heavy (non-hydrogen) atoms. The van der Waals surface area contributed by atoms with Gasteiger partial charge in [0.2, 0.25) is 0 Å². The molecule has 2 aromatic rings. The number of thioether (sulfide) groups is 1. The van der Waals surface area contributed by atoms with Gasteiger partial charge in [0.15, 0.2) is 0 Å². The van der Waals surface area contributed by atoms with E-state index in [0.717, 1.165) is 6.54 Å². The predicted octanol–water partition coefficient (Wildman–Crippen LogP) is 3.76. The highest BCUT2D eigenvalue weighted by Gasteiger charge is 2.26. The Morgan fingerprint density at radius 3 is 2.95 bits per heavy atom. The number of aromatic nitrogens is 1. The van der Waals surface area contributed by atoms with Crippen LogP contribution in [0.5, 0.6) is 0 Å². The Morgan fingerprint density at radius 1 is 1.37 bits per heavy atom. The van der Waals surface area contributed by atoms with E-state index in [9.17, 15) is 0 Å². The molecule has 0 aliphatic carbocycles. The maximum Gasteiger partial charge on any atom is 0.0491 e. The van der Waals surface area contributed by atoms with Crippen LogP contribution in [0.4, 0.5) is 0 Å². The lowest BCUT2D eigenvalue weighted by atomic mass is 10.0. The number of fused-ring (bicyclic) bond motifs is 3. The monoisotopic (exact) mass is 274 g/mol. The molecule has 1 aromatic carbocycles. The van der Waals surface area contributed by atoms with Crippen LogP contribution in [0.1, 0.15) is 31.9 Å². The fraction of sp³-hybridized carbons (Fsp3) is 0.500. The van der Waals surface area contributed by atoms with E-state index < -0.39 is 0 Å². The van der Waals surface area contributed by atoms with Crippen molar-refractivity contribution in [2.45, 2.75) is 37.1 Å². The number of nitrogens with one attached hydrogen (secondary N) is 1. The predicted molar refractivity (Wildman–Crippen MR) is 84.1 cm³/mol. The van der Waals surface area contributed by atoms with Crippen LogP contribution in [0, 0.1) is 0 Å². The van der Waals surface area contributed by atoms with Crippen molar-refractivity contribution in [1.29, 1.82) is 0 Å². The number of para-hydroxylation sites is 1. The first-order chi connectivity index (χ1) is 9.18. The van der Waals surface area contributed by atoms with Gasteiger partial charge in [-0.15, -0.1) is 11.8 Å². The normalized spacial score (nSPS) is 19.1. The highest BCUT2D eigenvalue weighted by molar-refractivity contribution is 7.99. The lowest BCUT2D eigenvalue weighted by Crippen LogP contribution is -2.30. The molecule has 0 spiro atoms. The molecule has 1 aliphatic rings. The Kier molecular flexibility index (Phi) is 3.59. The van der Waals surface area contributed by atoms with E-state index in [4.69, 9.17) is 0 Å². The van der Waals surface area contributed by atoms with Crippen LogP contribution in [0.15, 0.2) is 29.2 Å². The van der Waals surface area contributed by atoms with E-state index in [1.807, 2.05) is 11.8 Å². The molecule has 1 N–H and O–H groups in total. The average molecular weight is 274 g/mol. The molecule has 1 aliphatic heterocycles. The third kappa shape index (κ3) is 2.30. The van der Waals surface area contributed by atoms with Crippen molar-refractivity contribution in [3.05, 3.63) is 30.0 Å². The molecule has 1 unspecified atom stereocenters. The average Bonchev–Trinajstić information content (AvgIpc) is 2.71. The van der Waals surface area contributed by atoms with Gasteiger partial charge in [-0.25, -0.2) is 0 Å². The summed E-state index contributed by atoms with van der Waals surface area (Å²) < 4.78 is 2.41. The highest BCUT2D eigenvalue weighted by atomic mass is 32.2. The second-order valence-electron chi connectivity index (χ2n) is 5.69. The minimum absolute atomic E-state index is 0.563. The summed E-state index contributed by atoms with van der Waals surface area (Å²) in [4.78, 5) is 1.51. The number of rotatable bonds is 3. The third-order valence-electron chi connectivity index (χ3n) is 3.98. The molecular formula is C16H22N2S. The van der Waals surface area contributed by atoms with Crippen molar-refractivity contribution < 1.29 is 0 Å². The maximum atomic E-state index is 3.61. The minimum Gasteiger partial charge on any atom is -0.346 e. The standard InChI is InChI=1S/C16H22N2S/c1-11(2)17-10-12-8-9-19-16-13-6-4-5-7-14(13)18(3)15(12)16/h4-7,11-12,17H,8-10H2,1-3H3. The molecule has 0 saturated carbocycles. The first-order valence-corrected chi connectivity index (χ1v) is 8.10. The molecule has 1 aromatic heterocycles. The summed E-state index contributed by atoms with van der Waals surface area (Å²) in [5, 5.41) is 5.03. The van der Waals surface area contributed by atoms with Crippen LogP contribution in [0.25, 0.3) is 10.9 Å². The van der Waals surface area contributed by atoms with Gasteiger partial charge in [-0.2, -0.15) is 0 Å². The largest absolute Gasteiger partial charge is 0.346 e. The molecule has 0 radical (unpaired) electrons. The molecule has 3 heteroatoms. The van der Waals surface area contributed by atoms with Crippen LogP contribution in [-0.2, 0) is 7.05 Å². The van der Waals surface area contributed by atoms with Crippen molar-refractivity contribution in [1.82, 2.24) is 9.88 Å². The molecule has 102 valence electrons. The smallest absolute Gasteiger partial charge is 0.0491 e. The molecule has 0 fully saturated rings. The first-order valence-electron chi connectivity index (χ1n) is 7.12. The van der Waals surface area contributed by atoms with Gasteiger partial charge in [0.1, 0.15) is 0 Å². The zero-order chi connectivity index (χ0) is 13.4. The van der Waals surface area contributed by atoms with Gasteiger partial charge in [0, 0.05) is 47.0 Å². The van der Waals surface area contributed by atoms with Crippen LogP contribution in [0.3, 0.4) is 0 Å². The van der Waals surface area contributed by atoms with Gasteiger partial charge in [-0.05, 0) is 18.2 Å². The van der Waals surface area contributed by atoms with E-state index in [1.54, 1.807) is 0 Å². The zero-order valence-electron chi connectivity index (χ0n) is 11.9. The Bertz CT molecular complexity index is 586. The van der Waals surface area contributed by atoms with Gasteiger partial charge >= 0.3 is 0 Å². The number of aryl methyl sites for hydroxylation is 1. The Hall–Kier alpha value is -0.930. The number of hydrogen-bond donors (Lipinski definition) is 1. The Morgan fingerprint density at radius 2 is 2.16 bits per heavy atom. The van der Waals surface area contributed by atoms with E-state index >= 15 is 0 Å². The summed E-state index contributed by atoms with van der Waals surface area (Å²) in [5.41, 5.74) is 2.90. The number of hydrogen-bond acceptors (Lipinski definition) is 2. The van der Waals surface area contributed by atoms with E-state index in [-0.39, 0.29) is 0 Å². The van der Waals surface area contributed by atoms with Crippen molar-refractivity contribution in [2.24, 2.45) is 7.05 Å². The molecule has 3 rings (SSSR count). The second kappa shape index (κ2) is 5.22.